The third-order valence-electron chi connectivity index (χ3n) is 4.86. The summed E-state index contributed by atoms with van der Waals surface area (Å²) >= 11 is 0. The van der Waals surface area contributed by atoms with Crippen LogP contribution in [0.2, 0.25) is 0 Å². The Morgan fingerprint density at radius 2 is 1.68 bits per heavy atom. The van der Waals surface area contributed by atoms with Gasteiger partial charge in [-0.3, -0.25) is 14.4 Å². The van der Waals surface area contributed by atoms with Gasteiger partial charge in [-0.25, -0.2) is 8.42 Å². The molecule has 0 aliphatic rings. The van der Waals surface area contributed by atoms with Crippen LogP contribution in [-0.4, -0.2) is 55.4 Å². The van der Waals surface area contributed by atoms with Gasteiger partial charge in [-0.15, -0.1) is 0 Å². The number of carbonyl (C=O) groups excluding carboxylic acids is 3. The molecule has 1 N–H and O–H groups in total. The predicted octanol–water partition coefficient (Wildman–Crippen LogP) is 2.73. The first-order valence-corrected chi connectivity index (χ1v) is 10.9. The number of fused-ring (bicyclic) bond motifs is 1. The quantitative estimate of drug-likeness (QED) is 0.424. The molecule has 0 aliphatic carbocycles. The molecule has 0 aliphatic heterocycles. The molecule has 0 amide bonds. The van der Waals surface area contributed by atoms with E-state index in [9.17, 15) is 22.8 Å². The molecule has 0 radical (unpaired) electrons. The van der Waals surface area contributed by atoms with Gasteiger partial charge in [0.25, 0.3) is 0 Å². The van der Waals surface area contributed by atoms with Gasteiger partial charge < -0.3 is 9.72 Å². The van der Waals surface area contributed by atoms with E-state index in [-0.39, 0.29) is 16.5 Å². The molecule has 0 fully saturated rings. The monoisotopic (exact) mass is 442 g/mol. The van der Waals surface area contributed by atoms with Crippen LogP contribution in [0.5, 0.6) is 0 Å². The van der Waals surface area contributed by atoms with Crippen LogP contribution < -0.4 is 0 Å². The van der Waals surface area contributed by atoms with Crippen molar-refractivity contribution in [2.75, 3.05) is 20.2 Å². The number of aromatic nitrogens is 1. The fourth-order valence-electron chi connectivity index (χ4n) is 3.21. The van der Waals surface area contributed by atoms with Crippen LogP contribution in [0.1, 0.15) is 33.3 Å². The first-order chi connectivity index (χ1) is 14.6. The zero-order valence-electron chi connectivity index (χ0n) is 17.3. The standard InChI is InChI=1S/C22H22N2O6S/c1-14-22(18-6-4-5-7-19(18)23-14)20(26)13-30-21(27)12-24(3)31(28,29)17-10-8-16(9-11-17)15(2)25/h4-11,23H,12-13H2,1-3H3. The van der Waals surface area contributed by atoms with Gasteiger partial charge >= 0.3 is 5.97 Å². The summed E-state index contributed by atoms with van der Waals surface area (Å²) in [6.45, 7) is 2.08. The summed E-state index contributed by atoms with van der Waals surface area (Å²) in [6.07, 6.45) is 0. The number of aryl methyl sites for hydroxylation is 1. The lowest BCUT2D eigenvalue weighted by Crippen LogP contribution is -2.33. The van der Waals surface area contributed by atoms with E-state index in [4.69, 9.17) is 4.74 Å². The highest BCUT2D eigenvalue weighted by atomic mass is 32.2. The number of H-pyrrole nitrogens is 1. The minimum atomic E-state index is -3.96. The summed E-state index contributed by atoms with van der Waals surface area (Å²) in [4.78, 5) is 39.1. The number of rotatable bonds is 8. The van der Waals surface area contributed by atoms with E-state index in [1.54, 1.807) is 19.1 Å². The molecule has 0 unspecified atom stereocenters. The number of hydrogen-bond acceptors (Lipinski definition) is 6. The van der Waals surface area contributed by atoms with Crippen LogP contribution in [0, 0.1) is 6.92 Å². The maximum Gasteiger partial charge on any atom is 0.321 e. The normalized spacial score (nSPS) is 11.6. The first-order valence-electron chi connectivity index (χ1n) is 9.44. The van der Waals surface area contributed by atoms with Gasteiger partial charge in [0.1, 0.15) is 6.54 Å². The number of para-hydroxylation sites is 1. The average molecular weight is 442 g/mol. The Balaban J connectivity index is 1.64. The number of sulfonamides is 1. The fraction of sp³-hybridized carbons (Fsp3) is 0.227. The number of nitrogens with one attached hydrogen (secondary N) is 1. The zero-order valence-corrected chi connectivity index (χ0v) is 18.2. The van der Waals surface area contributed by atoms with Gasteiger partial charge in [0.2, 0.25) is 15.8 Å². The van der Waals surface area contributed by atoms with E-state index >= 15 is 0 Å². The van der Waals surface area contributed by atoms with Crippen molar-refractivity contribution in [3.8, 4) is 0 Å². The highest BCUT2D eigenvalue weighted by Gasteiger charge is 2.24. The molecule has 0 saturated carbocycles. The molecule has 31 heavy (non-hydrogen) atoms. The van der Waals surface area contributed by atoms with E-state index in [2.05, 4.69) is 4.98 Å². The zero-order chi connectivity index (χ0) is 22.8. The molecule has 8 nitrogen and oxygen atoms in total. The summed E-state index contributed by atoms with van der Waals surface area (Å²) in [5.74, 6) is -1.41. The molecule has 0 spiro atoms. The van der Waals surface area contributed by atoms with Crippen molar-refractivity contribution in [2.24, 2.45) is 0 Å². The number of nitrogens with zero attached hydrogens (tertiary/aromatic N) is 1. The lowest BCUT2D eigenvalue weighted by Gasteiger charge is -2.16. The first kappa shape index (κ1) is 22.4. The SMILES string of the molecule is CC(=O)c1ccc(S(=O)(=O)N(C)CC(=O)OCC(=O)c2c(C)[nH]c3ccccc23)cc1. The lowest BCUT2D eigenvalue weighted by molar-refractivity contribution is -0.142. The third kappa shape index (κ3) is 4.73. The molecule has 0 atom stereocenters. The van der Waals surface area contributed by atoms with Crippen LogP contribution in [0.25, 0.3) is 10.9 Å². The van der Waals surface area contributed by atoms with Crippen molar-refractivity contribution in [1.82, 2.24) is 9.29 Å². The number of likely N-dealkylation sites (N-methyl/N-ethyl adjacent to an activating group) is 1. The van der Waals surface area contributed by atoms with Crippen LogP contribution in [0.3, 0.4) is 0 Å². The molecule has 1 aromatic heterocycles. The molecule has 162 valence electrons. The topological polar surface area (TPSA) is 114 Å². The summed E-state index contributed by atoms with van der Waals surface area (Å²) in [7, 11) is -2.73. The van der Waals surface area contributed by atoms with Crippen LogP contribution in [0.4, 0.5) is 0 Å². The molecule has 9 heteroatoms. The van der Waals surface area contributed by atoms with E-state index in [1.807, 2.05) is 12.1 Å². The summed E-state index contributed by atoms with van der Waals surface area (Å²) in [5, 5.41) is 0.731. The minimum Gasteiger partial charge on any atom is -0.456 e. The number of Topliss-reactive ketones (excluding diaryl/α,β-unsaturated/α-hetero) is 2. The van der Waals surface area contributed by atoms with Gasteiger partial charge in [-0.05, 0) is 32.0 Å². The number of benzene rings is 2. The number of carbonyl (C=O) groups is 3. The molecule has 2 aromatic carbocycles. The number of aromatic amines is 1. The Morgan fingerprint density at radius 1 is 1.03 bits per heavy atom. The average Bonchev–Trinajstić information content (AvgIpc) is 3.07. The number of hydrogen-bond donors (Lipinski definition) is 1. The van der Waals surface area contributed by atoms with E-state index in [0.29, 0.717) is 16.8 Å². The number of ether oxygens (including phenoxy) is 1. The Kier molecular flexibility index (Phi) is 6.37. The van der Waals surface area contributed by atoms with Crippen molar-refractivity contribution in [3.63, 3.8) is 0 Å². The van der Waals surface area contributed by atoms with Gasteiger partial charge in [-0.1, -0.05) is 30.3 Å². The molecule has 3 rings (SSSR count). The van der Waals surface area contributed by atoms with Crippen molar-refractivity contribution >= 4 is 38.5 Å². The summed E-state index contributed by atoms with van der Waals surface area (Å²) < 4.78 is 31.1. The van der Waals surface area contributed by atoms with Crippen molar-refractivity contribution in [1.29, 1.82) is 0 Å². The molecule has 0 saturated heterocycles. The minimum absolute atomic E-state index is 0.0571. The molecular formula is C22H22N2O6S. The Bertz CT molecular complexity index is 1260. The van der Waals surface area contributed by atoms with E-state index < -0.39 is 29.1 Å². The molecular weight excluding hydrogens is 420 g/mol. The fourth-order valence-corrected chi connectivity index (χ4v) is 4.32. The summed E-state index contributed by atoms with van der Waals surface area (Å²) in [5.41, 5.74) is 2.29. The second kappa shape index (κ2) is 8.83. The highest BCUT2D eigenvalue weighted by molar-refractivity contribution is 7.89. The van der Waals surface area contributed by atoms with Crippen LogP contribution in [-0.2, 0) is 19.6 Å². The molecule has 0 bridgehead atoms. The maximum atomic E-state index is 12.6. The molecule has 1 heterocycles. The van der Waals surface area contributed by atoms with Crippen molar-refractivity contribution in [2.45, 2.75) is 18.7 Å². The predicted molar refractivity (Wildman–Crippen MR) is 115 cm³/mol. The Morgan fingerprint density at radius 3 is 2.32 bits per heavy atom. The van der Waals surface area contributed by atoms with Crippen LogP contribution in [0.15, 0.2) is 53.4 Å². The Hall–Kier alpha value is -3.30. The number of esters is 1. The largest absolute Gasteiger partial charge is 0.456 e. The summed E-state index contributed by atoms with van der Waals surface area (Å²) in [6, 6.07) is 12.7. The number of ketones is 2. The van der Waals surface area contributed by atoms with Gasteiger partial charge in [0.05, 0.1) is 4.90 Å². The van der Waals surface area contributed by atoms with E-state index in [0.717, 1.165) is 15.2 Å². The smallest absolute Gasteiger partial charge is 0.321 e. The second-order valence-corrected chi connectivity index (χ2v) is 9.14. The van der Waals surface area contributed by atoms with E-state index in [1.165, 1.54) is 38.2 Å². The van der Waals surface area contributed by atoms with Gasteiger partial charge in [0.15, 0.2) is 12.4 Å². The third-order valence-corrected chi connectivity index (χ3v) is 6.68. The van der Waals surface area contributed by atoms with Crippen LogP contribution >= 0.6 is 0 Å². The lowest BCUT2D eigenvalue weighted by atomic mass is 10.1. The van der Waals surface area contributed by atoms with Crippen molar-refractivity contribution in [3.05, 3.63) is 65.4 Å². The van der Waals surface area contributed by atoms with Crippen molar-refractivity contribution < 1.29 is 27.5 Å². The molecule has 3 aromatic rings. The highest BCUT2D eigenvalue weighted by Crippen LogP contribution is 2.22. The van der Waals surface area contributed by atoms with Gasteiger partial charge in [0, 0.05) is 34.8 Å². The van der Waals surface area contributed by atoms with Gasteiger partial charge in [-0.2, -0.15) is 4.31 Å². The maximum absolute atomic E-state index is 12.6. The Labute approximate surface area is 179 Å². The second-order valence-electron chi connectivity index (χ2n) is 7.10.